The van der Waals surface area contributed by atoms with Crippen molar-refractivity contribution in [3.63, 3.8) is 0 Å². The minimum absolute atomic E-state index is 0.557. The second-order valence-electron chi connectivity index (χ2n) is 4.85. The van der Waals surface area contributed by atoms with Crippen molar-refractivity contribution in [3.05, 3.63) is 11.8 Å². The topological polar surface area (TPSA) is 51.0 Å². The van der Waals surface area contributed by atoms with E-state index in [2.05, 4.69) is 15.5 Å². The van der Waals surface area contributed by atoms with Crippen LogP contribution in [0.1, 0.15) is 43.4 Å². The third kappa shape index (κ3) is 1.57. The Morgan fingerprint density at radius 1 is 1.33 bits per heavy atom. The van der Waals surface area contributed by atoms with Crippen LogP contribution < -0.4 is 5.32 Å². The maximum atomic E-state index is 5.68. The second-order valence-corrected chi connectivity index (χ2v) is 4.85. The van der Waals surface area contributed by atoms with E-state index in [9.17, 15) is 0 Å². The number of nitrogens with one attached hydrogen (secondary N) is 1. The van der Waals surface area contributed by atoms with Gasteiger partial charge in [-0.3, -0.25) is 0 Å². The second kappa shape index (κ2) is 3.59. The molecule has 0 saturated heterocycles. The van der Waals surface area contributed by atoms with Crippen LogP contribution in [0.15, 0.2) is 4.42 Å². The molecule has 2 aliphatic rings. The molecule has 82 valence electrons. The molecule has 0 amide bonds. The lowest BCUT2D eigenvalue weighted by Gasteiger charge is -2.17. The lowest BCUT2D eigenvalue weighted by atomic mass is 9.89. The molecule has 2 fully saturated rings. The van der Waals surface area contributed by atoms with E-state index in [4.69, 9.17) is 4.42 Å². The summed E-state index contributed by atoms with van der Waals surface area (Å²) in [5.74, 6) is 3.90. The van der Waals surface area contributed by atoms with Gasteiger partial charge in [0.25, 0.3) is 0 Å². The molecule has 3 rings (SSSR count). The molecule has 4 heteroatoms. The first kappa shape index (κ1) is 9.33. The fourth-order valence-corrected chi connectivity index (χ4v) is 3.19. The molecule has 2 bridgehead atoms. The molecule has 0 aromatic carbocycles. The van der Waals surface area contributed by atoms with E-state index in [1.54, 1.807) is 0 Å². The maximum Gasteiger partial charge on any atom is 0.230 e. The van der Waals surface area contributed by atoms with Gasteiger partial charge in [0.15, 0.2) is 0 Å². The van der Waals surface area contributed by atoms with Crippen molar-refractivity contribution in [2.45, 2.75) is 38.1 Å². The summed E-state index contributed by atoms with van der Waals surface area (Å²) in [6.07, 6.45) is 5.43. The van der Waals surface area contributed by atoms with Crippen LogP contribution in [0.2, 0.25) is 0 Å². The van der Waals surface area contributed by atoms with Gasteiger partial charge in [-0.15, -0.1) is 10.2 Å². The molecule has 0 spiro atoms. The van der Waals surface area contributed by atoms with Gasteiger partial charge in [0.2, 0.25) is 11.8 Å². The van der Waals surface area contributed by atoms with Crippen LogP contribution in [0.3, 0.4) is 0 Å². The quantitative estimate of drug-likeness (QED) is 0.819. The summed E-state index contributed by atoms with van der Waals surface area (Å²) < 4.78 is 5.68. The van der Waals surface area contributed by atoms with Gasteiger partial charge in [-0.25, -0.2) is 0 Å². The smallest absolute Gasteiger partial charge is 0.230 e. The standard InChI is InChI=1S/C11H17N3O/c1-12-6-10-13-14-11(15-10)9-5-7-2-3-8(9)4-7/h7-9,12H,2-6H2,1H3. The molecule has 1 heterocycles. The Kier molecular flexibility index (Phi) is 2.24. The molecule has 0 radical (unpaired) electrons. The fourth-order valence-electron chi connectivity index (χ4n) is 3.19. The number of rotatable bonds is 3. The summed E-state index contributed by atoms with van der Waals surface area (Å²) in [6, 6.07) is 0. The largest absolute Gasteiger partial charge is 0.424 e. The highest BCUT2D eigenvalue weighted by atomic mass is 16.4. The minimum atomic E-state index is 0.557. The zero-order valence-electron chi connectivity index (χ0n) is 9.07. The molecule has 2 saturated carbocycles. The van der Waals surface area contributed by atoms with Gasteiger partial charge < -0.3 is 9.73 Å². The van der Waals surface area contributed by atoms with Crippen molar-refractivity contribution in [1.82, 2.24) is 15.5 Å². The zero-order valence-corrected chi connectivity index (χ0v) is 9.07. The first-order chi connectivity index (χ1) is 7.36. The summed E-state index contributed by atoms with van der Waals surface area (Å²) in [6.45, 7) is 0.674. The lowest BCUT2D eigenvalue weighted by molar-refractivity contribution is 0.333. The summed E-state index contributed by atoms with van der Waals surface area (Å²) in [5, 5.41) is 11.3. The number of aromatic nitrogens is 2. The molecular weight excluding hydrogens is 190 g/mol. The van der Waals surface area contributed by atoms with Crippen molar-refractivity contribution in [2.75, 3.05) is 7.05 Å². The summed E-state index contributed by atoms with van der Waals surface area (Å²) in [7, 11) is 1.89. The summed E-state index contributed by atoms with van der Waals surface area (Å²) in [4.78, 5) is 0. The number of hydrogen-bond acceptors (Lipinski definition) is 4. The van der Waals surface area contributed by atoms with Gasteiger partial charge in [0, 0.05) is 5.92 Å². The van der Waals surface area contributed by atoms with Crippen LogP contribution in [0.25, 0.3) is 0 Å². The van der Waals surface area contributed by atoms with Gasteiger partial charge in [-0.2, -0.15) is 0 Å². The highest BCUT2D eigenvalue weighted by molar-refractivity contribution is 5.04. The van der Waals surface area contributed by atoms with Crippen LogP contribution in [0, 0.1) is 11.8 Å². The fraction of sp³-hybridized carbons (Fsp3) is 0.818. The first-order valence-corrected chi connectivity index (χ1v) is 5.83. The van der Waals surface area contributed by atoms with Crippen LogP contribution in [-0.2, 0) is 6.54 Å². The van der Waals surface area contributed by atoms with Gasteiger partial charge in [0.1, 0.15) is 0 Å². The predicted molar refractivity (Wildman–Crippen MR) is 55.3 cm³/mol. The molecule has 2 aliphatic carbocycles. The Balaban J connectivity index is 1.75. The highest BCUT2D eigenvalue weighted by Gasteiger charge is 2.42. The first-order valence-electron chi connectivity index (χ1n) is 5.83. The molecule has 3 unspecified atom stereocenters. The van der Waals surface area contributed by atoms with E-state index >= 15 is 0 Å². The van der Waals surface area contributed by atoms with Crippen molar-refractivity contribution in [1.29, 1.82) is 0 Å². The number of hydrogen-bond donors (Lipinski definition) is 1. The predicted octanol–water partition coefficient (Wildman–Crippen LogP) is 1.69. The van der Waals surface area contributed by atoms with E-state index in [1.807, 2.05) is 7.05 Å². The third-order valence-electron chi connectivity index (χ3n) is 3.87. The Bertz CT molecular complexity index is 349. The SMILES string of the molecule is CNCc1nnc(C2CC3CCC2C3)o1. The highest BCUT2D eigenvalue weighted by Crippen LogP contribution is 2.52. The van der Waals surface area contributed by atoms with Crippen LogP contribution >= 0.6 is 0 Å². The van der Waals surface area contributed by atoms with Gasteiger partial charge in [0.05, 0.1) is 6.54 Å². The molecule has 1 aromatic heterocycles. The van der Waals surface area contributed by atoms with Gasteiger partial charge in [-0.05, 0) is 38.1 Å². The zero-order chi connectivity index (χ0) is 10.3. The summed E-state index contributed by atoms with van der Waals surface area (Å²) >= 11 is 0. The van der Waals surface area contributed by atoms with Gasteiger partial charge >= 0.3 is 0 Å². The molecule has 1 N–H and O–H groups in total. The van der Waals surface area contributed by atoms with Crippen LogP contribution in [0.4, 0.5) is 0 Å². The Labute approximate surface area is 89.5 Å². The number of fused-ring (bicyclic) bond motifs is 2. The van der Waals surface area contributed by atoms with Crippen LogP contribution in [0.5, 0.6) is 0 Å². The van der Waals surface area contributed by atoms with E-state index < -0.39 is 0 Å². The average molecular weight is 207 g/mol. The van der Waals surface area contributed by atoms with E-state index in [1.165, 1.54) is 25.7 Å². The molecule has 3 atom stereocenters. The summed E-state index contributed by atoms with van der Waals surface area (Å²) in [5.41, 5.74) is 0. The van der Waals surface area contributed by atoms with E-state index in [0.717, 1.165) is 23.6 Å². The third-order valence-corrected chi connectivity index (χ3v) is 3.87. The van der Waals surface area contributed by atoms with E-state index in [-0.39, 0.29) is 0 Å². The van der Waals surface area contributed by atoms with E-state index in [0.29, 0.717) is 12.5 Å². The number of nitrogens with zero attached hydrogens (tertiary/aromatic N) is 2. The lowest BCUT2D eigenvalue weighted by Crippen LogP contribution is -2.08. The molecule has 15 heavy (non-hydrogen) atoms. The maximum absolute atomic E-state index is 5.68. The molecule has 0 aliphatic heterocycles. The van der Waals surface area contributed by atoms with Crippen molar-refractivity contribution in [3.8, 4) is 0 Å². The van der Waals surface area contributed by atoms with Crippen molar-refractivity contribution >= 4 is 0 Å². The minimum Gasteiger partial charge on any atom is -0.424 e. The normalized spacial score (nSPS) is 33.8. The monoisotopic (exact) mass is 207 g/mol. The van der Waals surface area contributed by atoms with Crippen molar-refractivity contribution in [2.24, 2.45) is 11.8 Å². The Hall–Kier alpha value is -0.900. The van der Waals surface area contributed by atoms with Crippen LogP contribution in [-0.4, -0.2) is 17.2 Å². The Morgan fingerprint density at radius 3 is 2.93 bits per heavy atom. The van der Waals surface area contributed by atoms with Gasteiger partial charge in [-0.1, -0.05) is 6.42 Å². The molecular formula is C11H17N3O. The molecule has 4 nitrogen and oxygen atoms in total. The average Bonchev–Trinajstić information content (AvgIpc) is 2.91. The molecule has 1 aromatic rings. The Morgan fingerprint density at radius 2 is 2.27 bits per heavy atom. The van der Waals surface area contributed by atoms with Crippen molar-refractivity contribution < 1.29 is 4.42 Å².